The van der Waals surface area contributed by atoms with Crippen LogP contribution in [0.2, 0.25) is 0 Å². The number of hydrogen-bond acceptors (Lipinski definition) is 8. The summed E-state index contributed by atoms with van der Waals surface area (Å²) in [5, 5.41) is 19.2. The van der Waals surface area contributed by atoms with Crippen LogP contribution in [0.15, 0.2) is 32.9 Å². The van der Waals surface area contributed by atoms with Gasteiger partial charge in [0, 0.05) is 43.2 Å². The summed E-state index contributed by atoms with van der Waals surface area (Å²) in [5.74, 6) is 0.334. The summed E-state index contributed by atoms with van der Waals surface area (Å²) in [5.41, 5.74) is 2.74. The Morgan fingerprint density at radius 3 is 2.54 bits per heavy atom. The smallest absolute Gasteiger partial charge is 0.256 e. The Labute approximate surface area is 229 Å². The highest BCUT2D eigenvalue weighted by molar-refractivity contribution is 7.89. The van der Waals surface area contributed by atoms with E-state index in [9.17, 15) is 28.2 Å². The number of carbonyl (C=O) groups excluding carboxylic acids is 1. The lowest BCUT2D eigenvalue weighted by atomic mass is 9.93. The van der Waals surface area contributed by atoms with Crippen molar-refractivity contribution >= 4 is 27.7 Å². The van der Waals surface area contributed by atoms with E-state index in [1.807, 2.05) is 13.8 Å². The monoisotopic (exact) mass is 559 g/mol. The van der Waals surface area contributed by atoms with Crippen molar-refractivity contribution in [3.05, 3.63) is 50.9 Å². The predicted octanol–water partition coefficient (Wildman–Crippen LogP) is 2.37. The molecule has 0 bridgehead atoms. The molecule has 1 aromatic carbocycles. The molecule has 10 nitrogen and oxygen atoms in total. The lowest BCUT2D eigenvalue weighted by molar-refractivity contribution is 0.0278. The van der Waals surface area contributed by atoms with Gasteiger partial charge < -0.3 is 19.5 Å². The Morgan fingerprint density at radius 2 is 1.92 bits per heavy atom. The molecule has 212 valence electrons. The number of carbonyl (C=O) groups is 1. The van der Waals surface area contributed by atoms with Gasteiger partial charge >= 0.3 is 0 Å². The first-order chi connectivity index (χ1) is 18.7. The van der Waals surface area contributed by atoms with Crippen LogP contribution in [0, 0.1) is 5.92 Å². The highest BCUT2D eigenvalue weighted by Crippen LogP contribution is 2.36. The molecule has 0 spiro atoms. The van der Waals surface area contributed by atoms with E-state index < -0.39 is 16.1 Å². The fraction of sp³-hybridized carbons (Fsp3) is 0.536. The van der Waals surface area contributed by atoms with Crippen molar-refractivity contribution in [1.82, 2.24) is 8.87 Å². The molecule has 0 unspecified atom stereocenters. The number of aldehydes is 1. The maximum Gasteiger partial charge on any atom is 0.256 e. The molecular formula is C28H37N3O7S. The Kier molecular flexibility index (Phi) is 9.05. The van der Waals surface area contributed by atoms with Gasteiger partial charge in [-0.05, 0) is 49.8 Å². The maximum absolute atomic E-state index is 13.6. The Balaban J connectivity index is 1.75. The number of piperidine rings is 1. The van der Waals surface area contributed by atoms with Crippen molar-refractivity contribution in [2.45, 2.75) is 63.4 Å². The molecule has 3 heterocycles. The van der Waals surface area contributed by atoms with Crippen molar-refractivity contribution in [2.75, 3.05) is 26.3 Å². The van der Waals surface area contributed by atoms with Crippen LogP contribution >= 0.6 is 0 Å². The first-order valence-electron chi connectivity index (χ1n) is 13.5. The molecule has 0 aliphatic carbocycles. The van der Waals surface area contributed by atoms with Gasteiger partial charge in [0.2, 0.25) is 10.0 Å². The van der Waals surface area contributed by atoms with Gasteiger partial charge in [-0.1, -0.05) is 20.3 Å². The second-order valence-electron chi connectivity index (χ2n) is 10.2. The lowest BCUT2D eigenvalue weighted by Crippen LogP contribution is -2.42. The summed E-state index contributed by atoms with van der Waals surface area (Å²) in [6.07, 6.45) is 3.04. The molecule has 39 heavy (non-hydrogen) atoms. The number of aliphatic hydroxyl groups is 2. The van der Waals surface area contributed by atoms with Gasteiger partial charge in [-0.25, -0.2) is 8.42 Å². The summed E-state index contributed by atoms with van der Waals surface area (Å²) in [6.45, 7) is 4.53. The van der Waals surface area contributed by atoms with Crippen LogP contribution in [0.4, 0.5) is 5.69 Å². The standard InChI is InChI=1S/C28H37N3O7S/c1-4-6-20-24(16-32)30(3)28(35)22-15-23(29-27(20)22)21-14-19(7-8-26(21)38-13-5-2)39(36,37)31-11-9-18(10-12-31)25(34)17-33/h7-8,14,16,18,25,33-34H,4-6,9-13,15,17H2,1-3H3/t25-/m1/s1. The number of benzene rings is 1. The molecule has 1 saturated heterocycles. The molecule has 0 amide bonds. The Hall–Kier alpha value is -2.86. The number of rotatable bonds is 11. The third kappa shape index (κ3) is 5.58. The summed E-state index contributed by atoms with van der Waals surface area (Å²) >= 11 is 0. The number of aromatic nitrogens is 1. The molecule has 1 atom stereocenters. The molecule has 0 radical (unpaired) electrons. The van der Waals surface area contributed by atoms with Crippen molar-refractivity contribution in [3.8, 4) is 5.75 Å². The highest BCUT2D eigenvalue weighted by Gasteiger charge is 2.33. The predicted molar refractivity (Wildman–Crippen MR) is 148 cm³/mol. The fourth-order valence-electron chi connectivity index (χ4n) is 5.39. The van der Waals surface area contributed by atoms with Crippen molar-refractivity contribution < 1.29 is 28.2 Å². The van der Waals surface area contributed by atoms with E-state index >= 15 is 0 Å². The molecule has 11 heteroatoms. The second-order valence-corrected chi connectivity index (χ2v) is 12.1. The number of aliphatic imine (C=N–C) groups is 1. The average Bonchev–Trinajstić information content (AvgIpc) is 3.40. The topological polar surface area (TPSA) is 138 Å². The molecule has 0 saturated carbocycles. The van der Waals surface area contributed by atoms with Crippen LogP contribution in [-0.4, -0.2) is 71.9 Å². The van der Waals surface area contributed by atoms with E-state index in [1.165, 1.54) is 14.9 Å². The van der Waals surface area contributed by atoms with Crippen LogP contribution in [0.1, 0.15) is 66.7 Å². The number of fused-ring (bicyclic) bond motifs is 1. The third-order valence-electron chi connectivity index (χ3n) is 7.60. The minimum Gasteiger partial charge on any atom is -0.493 e. The summed E-state index contributed by atoms with van der Waals surface area (Å²) < 4.78 is 35.9. The van der Waals surface area contributed by atoms with Crippen LogP contribution in [0.25, 0.3) is 0 Å². The molecule has 2 aliphatic heterocycles. The van der Waals surface area contributed by atoms with Gasteiger partial charge in [0.1, 0.15) is 5.75 Å². The van der Waals surface area contributed by atoms with E-state index in [-0.39, 0.29) is 42.5 Å². The van der Waals surface area contributed by atoms with Gasteiger partial charge in [-0.3, -0.25) is 14.6 Å². The SMILES string of the molecule is CCCOc1ccc(S(=O)(=O)N2CCC([C@H](O)CO)CC2)cc1C1=Nc2c(CCC)c(C=O)n(C)c(=O)c2C1. The largest absolute Gasteiger partial charge is 0.493 e. The van der Waals surface area contributed by atoms with E-state index in [0.29, 0.717) is 71.7 Å². The van der Waals surface area contributed by atoms with E-state index in [1.54, 1.807) is 19.2 Å². The normalized spacial score (nSPS) is 17.1. The van der Waals surface area contributed by atoms with E-state index in [2.05, 4.69) is 0 Å². The number of nitrogens with zero attached hydrogens (tertiary/aromatic N) is 3. The van der Waals surface area contributed by atoms with Crippen molar-refractivity contribution in [1.29, 1.82) is 0 Å². The fourth-order valence-corrected chi connectivity index (χ4v) is 6.89. The number of pyridine rings is 1. The van der Waals surface area contributed by atoms with Crippen molar-refractivity contribution in [2.24, 2.45) is 18.0 Å². The molecule has 4 rings (SSSR count). The quantitative estimate of drug-likeness (QED) is 0.403. The van der Waals surface area contributed by atoms with Gasteiger partial charge in [0.05, 0.1) is 41.3 Å². The third-order valence-corrected chi connectivity index (χ3v) is 9.49. The number of ether oxygens (including phenoxy) is 1. The number of aliphatic hydroxyl groups excluding tert-OH is 2. The summed E-state index contributed by atoms with van der Waals surface area (Å²) in [4.78, 5) is 29.9. The first kappa shape index (κ1) is 29.1. The maximum atomic E-state index is 13.6. The zero-order valence-electron chi connectivity index (χ0n) is 22.7. The number of hydrogen-bond donors (Lipinski definition) is 2. The summed E-state index contributed by atoms with van der Waals surface area (Å²) in [6, 6.07) is 4.71. The van der Waals surface area contributed by atoms with Crippen LogP contribution in [0.3, 0.4) is 0 Å². The Bertz CT molecular complexity index is 1420. The van der Waals surface area contributed by atoms with Gasteiger partial charge in [0.15, 0.2) is 6.29 Å². The molecular weight excluding hydrogens is 522 g/mol. The second kappa shape index (κ2) is 12.1. The van der Waals surface area contributed by atoms with E-state index in [0.717, 1.165) is 12.8 Å². The van der Waals surface area contributed by atoms with Gasteiger partial charge in [-0.2, -0.15) is 4.31 Å². The molecule has 1 fully saturated rings. The zero-order chi connectivity index (χ0) is 28.3. The van der Waals surface area contributed by atoms with Crippen LogP contribution < -0.4 is 10.3 Å². The molecule has 2 N–H and O–H groups in total. The van der Waals surface area contributed by atoms with Crippen LogP contribution in [-0.2, 0) is 29.9 Å². The molecule has 2 aromatic rings. The van der Waals surface area contributed by atoms with Crippen molar-refractivity contribution in [3.63, 3.8) is 0 Å². The lowest BCUT2D eigenvalue weighted by Gasteiger charge is -2.33. The molecule has 2 aliphatic rings. The highest BCUT2D eigenvalue weighted by atomic mass is 32.2. The van der Waals surface area contributed by atoms with E-state index in [4.69, 9.17) is 9.73 Å². The first-order valence-corrected chi connectivity index (χ1v) is 15.0. The minimum absolute atomic E-state index is 0.0939. The molecule has 1 aromatic heterocycles. The van der Waals surface area contributed by atoms with Gasteiger partial charge in [-0.15, -0.1) is 0 Å². The zero-order valence-corrected chi connectivity index (χ0v) is 23.5. The minimum atomic E-state index is -3.85. The average molecular weight is 560 g/mol. The summed E-state index contributed by atoms with van der Waals surface area (Å²) in [7, 11) is -2.27. The van der Waals surface area contributed by atoms with Gasteiger partial charge in [0.25, 0.3) is 5.56 Å². The Morgan fingerprint density at radius 1 is 1.21 bits per heavy atom. The number of sulfonamides is 1. The van der Waals surface area contributed by atoms with Crippen LogP contribution in [0.5, 0.6) is 5.75 Å².